The Labute approximate surface area is 187 Å². The molecule has 0 spiro atoms. The van der Waals surface area contributed by atoms with Gasteiger partial charge in [0.2, 0.25) is 0 Å². The minimum absolute atomic E-state index is 0.294. The molecule has 4 aromatic rings. The van der Waals surface area contributed by atoms with Crippen molar-refractivity contribution in [3.05, 3.63) is 88.7 Å². The highest BCUT2D eigenvalue weighted by Gasteiger charge is 2.22. The van der Waals surface area contributed by atoms with Crippen LogP contribution in [0.4, 0.5) is 5.69 Å². The van der Waals surface area contributed by atoms with Gasteiger partial charge in [-0.1, -0.05) is 23.7 Å². The lowest BCUT2D eigenvalue weighted by atomic mass is 10.1. The first-order chi connectivity index (χ1) is 15.2. The monoisotopic (exact) mass is 443 g/mol. The lowest BCUT2D eigenvalue weighted by Crippen LogP contribution is -2.05. The number of rotatable bonds is 3. The number of nitrogens with zero attached hydrogens (tertiary/aromatic N) is 4. The van der Waals surface area contributed by atoms with Gasteiger partial charge in [-0.25, -0.2) is 9.97 Å². The molecule has 0 bridgehead atoms. The first-order valence-electron chi connectivity index (χ1n) is 9.37. The molecule has 5 rings (SSSR count). The lowest BCUT2D eigenvalue weighted by molar-refractivity contribution is -0.113. The second kappa shape index (κ2) is 8.29. The molecule has 0 saturated heterocycles. The van der Waals surface area contributed by atoms with Crippen LogP contribution in [0.25, 0.3) is 28.4 Å². The summed E-state index contributed by atoms with van der Waals surface area (Å²) >= 11 is 7.62. The van der Waals surface area contributed by atoms with E-state index >= 15 is 0 Å². The Morgan fingerprint density at radius 3 is 2.65 bits per heavy atom. The van der Waals surface area contributed by atoms with E-state index in [1.54, 1.807) is 30.7 Å². The first kappa shape index (κ1) is 19.4. The molecule has 0 unspecified atom stereocenters. The molecule has 8 heteroatoms. The number of halogens is 1. The molecule has 0 atom stereocenters. The highest BCUT2D eigenvalue weighted by Crippen LogP contribution is 2.33. The number of benzene rings is 2. The van der Waals surface area contributed by atoms with Crippen LogP contribution in [0.5, 0.6) is 0 Å². The zero-order chi connectivity index (χ0) is 21.2. The first-order valence-corrected chi connectivity index (χ1v) is 10.6. The Bertz CT molecular complexity index is 1370. The Kier molecular flexibility index (Phi) is 5.19. The Balaban J connectivity index is 1.37. The Hall–Kier alpha value is -3.55. The van der Waals surface area contributed by atoms with Gasteiger partial charge in [0.1, 0.15) is 0 Å². The van der Waals surface area contributed by atoms with Gasteiger partial charge in [0.05, 0.1) is 21.1 Å². The lowest BCUT2D eigenvalue weighted by Gasteiger charge is -2.09. The third kappa shape index (κ3) is 4.19. The molecule has 3 heterocycles. The standard InChI is InChI=1S/C23H14ClN5OS/c24-17-6-5-16(21-26-9-2-10-27-21)13-19(17)28-23-29-22(30)20(31-23)12-14-4-7-18-15(11-14)3-1-8-25-18/h1-13H,(H,28,29,30)/b20-12-. The summed E-state index contributed by atoms with van der Waals surface area (Å²) in [7, 11) is 0. The van der Waals surface area contributed by atoms with Crippen molar-refractivity contribution >= 4 is 57.1 Å². The number of anilines is 1. The molecule has 1 amide bonds. The normalized spacial score (nSPS) is 14.8. The number of pyridine rings is 1. The number of amides is 1. The number of hydrogen-bond acceptors (Lipinski definition) is 6. The highest BCUT2D eigenvalue weighted by atomic mass is 35.5. The number of amidine groups is 1. The Morgan fingerprint density at radius 2 is 1.77 bits per heavy atom. The minimum atomic E-state index is -0.294. The van der Waals surface area contributed by atoms with Gasteiger partial charge in [0, 0.05) is 29.5 Å². The van der Waals surface area contributed by atoms with Gasteiger partial charge in [-0.2, -0.15) is 4.99 Å². The molecular weight excluding hydrogens is 430 g/mol. The zero-order valence-corrected chi connectivity index (χ0v) is 17.6. The quantitative estimate of drug-likeness (QED) is 0.425. The van der Waals surface area contributed by atoms with Gasteiger partial charge in [0.25, 0.3) is 5.91 Å². The van der Waals surface area contributed by atoms with E-state index in [2.05, 4.69) is 25.3 Å². The van der Waals surface area contributed by atoms with Crippen LogP contribution >= 0.6 is 23.4 Å². The van der Waals surface area contributed by atoms with Crippen molar-refractivity contribution < 1.29 is 4.79 Å². The fourth-order valence-corrected chi connectivity index (χ4v) is 4.11. The Morgan fingerprint density at radius 1 is 0.935 bits per heavy atom. The number of carbonyl (C=O) groups is 1. The van der Waals surface area contributed by atoms with Crippen LogP contribution in [0.1, 0.15) is 5.56 Å². The summed E-state index contributed by atoms with van der Waals surface area (Å²) in [5.41, 5.74) is 3.26. The van der Waals surface area contributed by atoms with Gasteiger partial charge in [-0.05, 0) is 65.9 Å². The molecule has 0 saturated carbocycles. The molecule has 6 nitrogen and oxygen atoms in total. The van der Waals surface area contributed by atoms with Gasteiger partial charge in [-0.3, -0.25) is 9.78 Å². The van der Waals surface area contributed by atoms with E-state index in [0.29, 0.717) is 26.6 Å². The summed E-state index contributed by atoms with van der Waals surface area (Å²) in [4.78, 5) is 29.9. The number of nitrogens with one attached hydrogen (secondary N) is 1. The summed E-state index contributed by atoms with van der Waals surface area (Å²) in [6.07, 6.45) is 6.94. The van der Waals surface area contributed by atoms with Crippen molar-refractivity contribution in [3.63, 3.8) is 0 Å². The maximum absolute atomic E-state index is 12.4. The minimum Gasteiger partial charge on any atom is -0.333 e. The van der Waals surface area contributed by atoms with Gasteiger partial charge < -0.3 is 5.32 Å². The predicted molar refractivity (Wildman–Crippen MR) is 126 cm³/mol. The van der Waals surface area contributed by atoms with Crippen LogP contribution in [0, 0.1) is 0 Å². The molecular formula is C23H14ClN5OS. The maximum atomic E-state index is 12.4. The summed E-state index contributed by atoms with van der Waals surface area (Å²) in [6.45, 7) is 0. The van der Waals surface area contributed by atoms with Crippen molar-refractivity contribution in [2.24, 2.45) is 4.99 Å². The molecule has 2 aromatic heterocycles. The summed E-state index contributed by atoms with van der Waals surface area (Å²) in [5.74, 6) is 0.295. The summed E-state index contributed by atoms with van der Waals surface area (Å²) in [5, 5.41) is 5.13. The summed E-state index contributed by atoms with van der Waals surface area (Å²) in [6, 6.07) is 16.9. The largest absolute Gasteiger partial charge is 0.333 e. The molecule has 0 aliphatic carbocycles. The van der Waals surface area contributed by atoms with Gasteiger partial charge >= 0.3 is 0 Å². The van der Waals surface area contributed by atoms with Crippen LogP contribution in [-0.4, -0.2) is 26.0 Å². The number of thioether (sulfide) groups is 1. The highest BCUT2D eigenvalue weighted by molar-refractivity contribution is 8.18. The van der Waals surface area contributed by atoms with Crippen LogP contribution in [0.2, 0.25) is 5.02 Å². The van der Waals surface area contributed by atoms with E-state index in [9.17, 15) is 4.79 Å². The summed E-state index contributed by atoms with van der Waals surface area (Å²) < 4.78 is 0. The molecule has 0 radical (unpaired) electrons. The van der Waals surface area contributed by atoms with Crippen molar-refractivity contribution in [3.8, 4) is 11.4 Å². The third-order valence-corrected chi connectivity index (χ3v) is 5.81. The van der Waals surface area contributed by atoms with Crippen LogP contribution in [-0.2, 0) is 4.79 Å². The number of aromatic nitrogens is 3. The SMILES string of the molecule is O=C1N=C(Nc2cc(-c3ncccn3)ccc2Cl)S/C1=C\c1ccc2ncccc2c1. The number of fused-ring (bicyclic) bond motifs is 1. The van der Waals surface area contributed by atoms with E-state index in [0.717, 1.165) is 22.0 Å². The molecule has 2 aromatic carbocycles. The second-order valence-electron chi connectivity index (χ2n) is 6.68. The van der Waals surface area contributed by atoms with Crippen molar-refractivity contribution in [2.45, 2.75) is 0 Å². The fraction of sp³-hybridized carbons (Fsp3) is 0. The molecule has 1 aliphatic heterocycles. The molecule has 1 aliphatic rings. The smallest absolute Gasteiger partial charge is 0.286 e. The van der Waals surface area contributed by atoms with E-state index in [1.807, 2.05) is 48.5 Å². The van der Waals surface area contributed by atoms with Crippen molar-refractivity contribution in [2.75, 3.05) is 5.32 Å². The fourth-order valence-electron chi connectivity index (χ4n) is 3.12. The van der Waals surface area contributed by atoms with Crippen LogP contribution < -0.4 is 5.32 Å². The molecule has 1 N–H and O–H groups in total. The maximum Gasteiger partial charge on any atom is 0.286 e. The van der Waals surface area contributed by atoms with E-state index in [-0.39, 0.29) is 5.91 Å². The predicted octanol–water partition coefficient (Wildman–Crippen LogP) is 5.43. The van der Waals surface area contributed by atoms with Crippen LogP contribution in [0.3, 0.4) is 0 Å². The van der Waals surface area contributed by atoms with Crippen LogP contribution in [0.15, 0.2) is 83.1 Å². The number of hydrogen-bond donors (Lipinski definition) is 1. The molecule has 150 valence electrons. The van der Waals surface area contributed by atoms with E-state index < -0.39 is 0 Å². The van der Waals surface area contributed by atoms with Crippen molar-refractivity contribution in [1.82, 2.24) is 15.0 Å². The van der Waals surface area contributed by atoms with Gasteiger partial charge in [0.15, 0.2) is 11.0 Å². The average Bonchev–Trinajstić information content (AvgIpc) is 3.14. The topological polar surface area (TPSA) is 80.1 Å². The third-order valence-electron chi connectivity index (χ3n) is 4.58. The number of carbonyl (C=O) groups excluding carboxylic acids is 1. The zero-order valence-electron chi connectivity index (χ0n) is 16.0. The average molecular weight is 444 g/mol. The molecule has 0 fully saturated rings. The number of aliphatic imine (C=N–C) groups is 1. The van der Waals surface area contributed by atoms with Crippen molar-refractivity contribution in [1.29, 1.82) is 0 Å². The molecule has 31 heavy (non-hydrogen) atoms. The van der Waals surface area contributed by atoms with E-state index in [1.165, 1.54) is 11.8 Å². The van der Waals surface area contributed by atoms with E-state index in [4.69, 9.17) is 11.6 Å². The van der Waals surface area contributed by atoms with Gasteiger partial charge in [-0.15, -0.1) is 0 Å². The second-order valence-corrected chi connectivity index (χ2v) is 8.12.